The molecule has 0 spiro atoms. The number of hydrogen-bond acceptors (Lipinski definition) is 8. The summed E-state index contributed by atoms with van der Waals surface area (Å²) in [4.78, 5) is 13.0. The molecule has 0 aliphatic carbocycles. The van der Waals surface area contributed by atoms with Crippen LogP contribution in [0, 0.1) is 0 Å². The molecule has 7 atom stereocenters. The maximum Gasteiger partial charge on any atom is 0.220 e. The minimum Gasteiger partial charge on any atom is -0.394 e. The van der Waals surface area contributed by atoms with Crippen molar-refractivity contribution in [1.29, 1.82) is 0 Å². The molecule has 394 valence electrons. The molecule has 1 rings (SSSR count). The summed E-state index contributed by atoms with van der Waals surface area (Å²) in [5.41, 5.74) is 0. The number of aliphatic hydroxyl groups is 5. The number of rotatable bonds is 47. The molecule has 68 heavy (non-hydrogen) atoms. The summed E-state index contributed by atoms with van der Waals surface area (Å²) < 4.78 is 11.2. The van der Waals surface area contributed by atoms with Gasteiger partial charge in [0.1, 0.15) is 24.4 Å². The van der Waals surface area contributed by atoms with Gasteiger partial charge < -0.3 is 40.3 Å². The summed E-state index contributed by atoms with van der Waals surface area (Å²) >= 11 is 0. The van der Waals surface area contributed by atoms with Crippen LogP contribution in [-0.4, -0.2) is 87.5 Å². The van der Waals surface area contributed by atoms with Gasteiger partial charge in [-0.2, -0.15) is 0 Å². The Labute approximate surface area is 417 Å². The van der Waals surface area contributed by atoms with Crippen LogP contribution in [0.1, 0.15) is 239 Å². The molecule has 1 aliphatic heterocycles. The third-order valence-corrected chi connectivity index (χ3v) is 13.0. The summed E-state index contributed by atoms with van der Waals surface area (Å²) in [6.45, 7) is 3.73. The highest BCUT2D eigenvalue weighted by Gasteiger charge is 2.44. The van der Waals surface area contributed by atoms with Crippen LogP contribution in [0.3, 0.4) is 0 Å². The first-order chi connectivity index (χ1) is 33.3. The number of carbonyl (C=O) groups is 1. The second-order valence-corrected chi connectivity index (χ2v) is 19.4. The van der Waals surface area contributed by atoms with Gasteiger partial charge in [-0.25, -0.2) is 0 Å². The molecule has 0 aromatic rings. The predicted molar refractivity (Wildman–Crippen MR) is 285 cm³/mol. The highest BCUT2D eigenvalue weighted by atomic mass is 16.7. The zero-order valence-corrected chi connectivity index (χ0v) is 43.6. The van der Waals surface area contributed by atoms with Crippen LogP contribution < -0.4 is 5.32 Å². The van der Waals surface area contributed by atoms with Gasteiger partial charge in [0.2, 0.25) is 5.91 Å². The molecule has 7 unspecified atom stereocenters. The smallest absolute Gasteiger partial charge is 0.220 e. The molecule has 1 saturated heterocycles. The summed E-state index contributed by atoms with van der Waals surface area (Å²) in [6.07, 6.45) is 59.6. The van der Waals surface area contributed by atoms with Crippen molar-refractivity contribution in [3.05, 3.63) is 72.9 Å². The number of aliphatic hydroxyl groups excluding tert-OH is 5. The Hall–Kier alpha value is -2.37. The number of ether oxygens (including phenoxy) is 2. The number of carbonyl (C=O) groups excluding carboxylic acids is 1. The van der Waals surface area contributed by atoms with Crippen LogP contribution in [0.25, 0.3) is 0 Å². The van der Waals surface area contributed by atoms with Crippen LogP contribution in [0.15, 0.2) is 72.9 Å². The van der Waals surface area contributed by atoms with Crippen molar-refractivity contribution in [1.82, 2.24) is 5.32 Å². The zero-order chi connectivity index (χ0) is 49.4. The maximum absolute atomic E-state index is 13.0. The SMILES string of the molecule is CCCCC/C=C\C/C=C\C/C=C\CCCCCCCCC(=O)NC(COC1OC(CO)C(O)C(O)C1O)C(O)/C=C/CC/C=C/CC/C=C/CCCCCCCCCCCCCCCCCC. The van der Waals surface area contributed by atoms with E-state index in [1.807, 2.05) is 6.08 Å². The van der Waals surface area contributed by atoms with Crippen molar-refractivity contribution in [3.63, 3.8) is 0 Å². The molecular formula is C59H105NO8. The van der Waals surface area contributed by atoms with Gasteiger partial charge in [-0.1, -0.05) is 222 Å². The van der Waals surface area contributed by atoms with Crippen molar-refractivity contribution >= 4 is 5.91 Å². The lowest BCUT2D eigenvalue weighted by atomic mass is 9.99. The van der Waals surface area contributed by atoms with E-state index < -0.39 is 49.5 Å². The average Bonchev–Trinajstić information content (AvgIpc) is 3.34. The third kappa shape index (κ3) is 37.5. The Bertz CT molecular complexity index is 1290. The highest BCUT2D eigenvalue weighted by Crippen LogP contribution is 2.23. The first-order valence-corrected chi connectivity index (χ1v) is 28.2. The van der Waals surface area contributed by atoms with E-state index in [1.165, 1.54) is 135 Å². The summed E-state index contributed by atoms with van der Waals surface area (Å²) in [5, 5.41) is 54.4. The van der Waals surface area contributed by atoms with E-state index in [9.17, 15) is 30.3 Å². The molecule has 0 bridgehead atoms. The van der Waals surface area contributed by atoms with Gasteiger partial charge >= 0.3 is 0 Å². The maximum atomic E-state index is 13.0. The minimum atomic E-state index is -1.58. The van der Waals surface area contributed by atoms with Crippen molar-refractivity contribution < 1.29 is 39.8 Å². The normalized spacial score (nSPS) is 20.1. The van der Waals surface area contributed by atoms with Crippen LogP contribution in [0.5, 0.6) is 0 Å². The zero-order valence-electron chi connectivity index (χ0n) is 43.6. The molecule has 9 nitrogen and oxygen atoms in total. The lowest BCUT2D eigenvalue weighted by molar-refractivity contribution is -0.302. The summed E-state index contributed by atoms with van der Waals surface area (Å²) in [5.74, 6) is -0.205. The fraction of sp³-hybridized carbons (Fsp3) is 0.780. The van der Waals surface area contributed by atoms with Gasteiger partial charge in [0, 0.05) is 6.42 Å². The van der Waals surface area contributed by atoms with E-state index in [2.05, 4.69) is 79.9 Å². The van der Waals surface area contributed by atoms with Crippen LogP contribution in [0.2, 0.25) is 0 Å². The summed E-state index contributed by atoms with van der Waals surface area (Å²) in [6, 6.07) is -0.839. The molecule has 1 aliphatic rings. The number of allylic oxidation sites excluding steroid dienone is 11. The molecule has 0 aromatic carbocycles. The highest BCUT2D eigenvalue weighted by molar-refractivity contribution is 5.76. The van der Waals surface area contributed by atoms with Crippen LogP contribution in [-0.2, 0) is 14.3 Å². The number of hydrogen-bond donors (Lipinski definition) is 6. The Balaban J connectivity index is 2.30. The Morgan fingerprint density at radius 1 is 0.500 bits per heavy atom. The van der Waals surface area contributed by atoms with Gasteiger partial charge in [0.25, 0.3) is 0 Å². The molecule has 1 fully saturated rings. The Kier molecular flexibility index (Phi) is 45.2. The Morgan fingerprint density at radius 2 is 0.882 bits per heavy atom. The van der Waals surface area contributed by atoms with Crippen molar-refractivity contribution in [2.24, 2.45) is 0 Å². The molecule has 0 aromatic heterocycles. The van der Waals surface area contributed by atoms with Crippen LogP contribution in [0.4, 0.5) is 0 Å². The standard InChI is InChI=1S/C59H105NO8/c1-3-5-7-9-11-13-15-17-19-21-23-24-25-26-27-28-29-31-32-34-36-38-40-42-44-46-48-53(62)52(51-67-59-58(66)57(65)56(64)54(50-61)68-59)60-55(63)49-47-45-43-41-39-37-35-33-30-22-20-18-16-14-12-10-8-6-4-2/h12,14,18,20,30-33,38,40,46,48,52-54,56-59,61-62,64-66H,3-11,13,15-17,19,21-29,34-37,39,41-45,47,49-51H2,1-2H3,(H,60,63)/b14-12-,20-18-,32-31+,33-30-,40-38+,48-46+. The lowest BCUT2D eigenvalue weighted by Gasteiger charge is -2.40. The number of unbranched alkanes of at least 4 members (excludes halogenated alkanes) is 27. The number of nitrogens with one attached hydrogen (secondary N) is 1. The second kappa shape index (κ2) is 48.3. The molecular weight excluding hydrogens is 851 g/mol. The fourth-order valence-corrected chi connectivity index (χ4v) is 8.49. The van der Waals surface area contributed by atoms with E-state index in [0.29, 0.717) is 6.42 Å². The minimum absolute atomic E-state index is 0.205. The predicted octanol–water partition coefficient (Wildman–Crippen LogP) is 13.7. The van der Waals surface area contributed by atoms with Gasteiger partial charge in [-0.15, -0.1) is 0 Å². The Morgan fingerprint density at radius 3 is 1.37 bits per heavy atom. The number of amides is 1. The van der Waals surface area contributed by atoms with E-state index in [1.54, 1.807) is 6.08 Å². The van der Waals surface area contributed by atoms with E-state index in [0.717, 1.165) is 83.5 Å². The van der Waals surface area contributed by atoms with Crippen LogP contribution >= 0.6 is 0 Å². The largest absolute Gasteiger partial charge is 0.394 e. The van der Waals surface area contributed by atoms with Crippen molar-refractivity contribution in [2.75, 3.05) is 13.2 Å². The molecule has 6 N–H and O–H groups in total. The van der Waals surface area contributed by atoms with E-state index in [4.69, 9.17) is 9.47 Å². The van der Waals surface area contributed by atoms with Gasteiger partial charge in [-0.3, -0.25) is 4.79 Å². The fourth-order valence-electron chi connectivity index (χ4n) is 8.49. The molecule has 0 radical (unpaired) electrons. The van der Waals surface area contributed by atoms with Gasteiger partial charge in [-0.05, 0) is 83.5 Å². The topological polar surface area (TPSA) is 149 Å². The first-order valence-electron chi connectivity index (χ1n) is 28.2. The molecule has 1 heterocycles. The quantitative estimate of drug-likeness (QED) is 0.0261. The average molecular weight is 956 g/mol. The molecule has 9 heteroatoms. The lowest BCUT2D eigenvalue weighted by Crippen LogP contribution is -2.60. The second-order valence-electron chi connectivity index (χ2n) is 19.4. The molecule has 0 saturated carbocycles. The van der Waals surface area contributed by atoms with E-state index >= 15 is 0 Å². The van der Waals surface area contributed by atoms with E-state index in [-0.39, 0.29) is 12.5 Å². The first kappa shape index (κ1) is 63.6. The molecule has 1 amide bonds. The summed E-state index contributed by atoms with van der Waals surface area (Å²) in [7, 11) is 0. The third-order valence-electron chi connectivity index (χ3n) is 13.0. The monoisotopic (exact) mass is 956 g/mol. The van der Waals surface area contributed by atoms with Crippen molar-refractivity contribution in [2.45, 2.75) is 281 Å². The van der Waals surface area contributed by atoms with Crippen molar-refractivity contribution in [3.8, 4) is 0 Å². The van der Waals surface area contributed by atoms with Gasteiger partial charge in [0.15, 0.2) is 6.29 Å². The van der Waals surface area contributed by atoms with Gasteiger partial charge in [0.05, 0.1) is 25.4 Å².